The summed E-state index contributed by atoms with van der Waals surface area (Å²) in [5.41, 5.74) is 1.06. The van der Waals surface area contributed by atoms with Crippen molar-refractivity contribution < 1.29 is 0 Å². The van der Waals surface area contributed by atoms with Crippen LogP contribution in [-0.4, -0.2) is 35.6 Å². The van der Waals surface area contributed by atoms with Crippen molar-refractivity contribution in [1.82, 2.24) is 15.3 Å². The molecule has 1 aromatic rings. The Labute approximate surface area is 123 Å². The van der Waals surface area contributed by atoms with E-state index in [1.165, 1.54) is 19.3 Å². The maximum atomic E-state index is 4.76. The van der Waals surface area contributed by atoms with E-state index in [4.69, 9.17) is 4.98 Å². The van der Waals surface area contributed by atoms with Gasteiger partial charge in [-0.05, 0) is 33.2 Å². The van der Waals surface area contributed by atoms with Crippen molar-refractivity contribution in [3.05, 3.63) is 17.6 Å². The molecule has 1 aliphatic rings. The van der Waals surface area contributed by atoms with Crippen molar-refractivity contribution in [3.8, 4) is 0 Å². The molecule has 0 radical (unpaired) electrons. The zero-order chi connectivity index (χ0) is 14.5. The Balaban J connectivity index is 2.13. The molecule has 1 aromatic heterocycles. The first-order valence-corrected chi connectivity index (χ1v) is 7.94. The highest BCUT2D eigenvalue weighted by molar-refractivity contribution is 5.40. The highest BCUT2D eigenvalue weighted by Crippen LogP contribution is 2.18. The first-order chi connectivity index (χ1) is 9.60. The normalized spacial score (nSPS) is 19.4. The predicted molar refractivity (Wildman–Crippen MR) is 84.4 cm³/mol. The molecular weight excluding hydrogens is 248 g/mol. The number of aryl methyl sites for hydroxylation is 1. The minimum absolute atomic E-state index is 0.375. The Hall–Kier alpha value is -1.16. The average Bonchev–Trinajstić information content (AvgIpc) is 2.45. The summed E-state index contributed by atoms with van der Waals surface area (Å²) in [6, 6.07) is 2.71. The molecule has 4 heteroatoms. The third-order valence-electron chi connectivity index (χ3n) is 3.93. The van der Waals surface area contributed by atoms with Gasteiger partial charge in [-0.15, -0.1) is 0 Å². The van der Waals surface area contributed by atoms with Crippen LogP contribution in [0.1, 0.15) is 57.5 Å². The number of nitrogens with zero attached hydrogens (tertiary/aromatic N) is 3. The first-order valence-electron chi connectivity index (χ1n) is 7.94. The van der Waals surface area contributed by atoms with Crippen molar-refractivity contribution in [1.29, 1.82) is 0 Å². The molecule has 1 atom stereocenters. The molecule has 0 aromatic carbocycles. The van der Waals surface area contributed by atoms with E-state index in [0.717, 1.165) is 37.0 Å². The molecule has 4 nitrogen and oxygen atoms in total. The lowest BCUT2D eigenvalue weighted by Crippen LogP contribution is -2.44. The van der Waals surface area contributed by atoms with Crippen molar-refractivity contribution in [3.63, 3.8) is 0 Å². The lowest BCUT2D eigenvalue weighted by molar-refractivity contribution is 0.399. The number of hydrogen-bond donors (Lipinski definition) is 1. The smallest absolute Gasteiger partial charge is 0.133 e. The van der Waals surface area contributed by atoms with Gasteiger partial charge >= 0.3 is 0 Å². The Morgan fingerprint density at radius 2 is 2.15 bits per heavy atom. The lowest BCUT2D eigenvalue weighted by atomic mass is 10.0. The molecule has 2 heterocycles. The van der Waals surface area contributed by atoms with Gasteiger partial charge in [0.15, 0.2) is 0 Å². The van der Waals surface area contributed by atoms with Gasteiger partial charge in [0.1, 0.15) is 11.6 Å². The van der Waals surface area contributed by atoms with Crippen LogP contribution >= 0.6 is 0 Å². The fraction of sp³-hybridized carbons (Fsp3) is 0.750. The first kappa shape index (κ1) is 15.2. The molecule has 1 saturated heterocycles. The average molecular weight is 276 g/mol. The van der Waals surface area contributed by atoms with E-state index < -0.39 is 0 Å². The Morgan fingerprint density at radius 1 is 1.35 bits per heavy atom. The van der Waals surface area contributed by atoms with Crippen LogP contribution in [0.2, 0.25) is 0 Å². The highest BCUT2D eigenvalue weighted by Gasteiger charge is 2.18. The second-order valence-electron chi connectivity index (χ2n) is 6.07. The topological polar surface area (TPSA) is 41.0 Å². The van der Waals surface area contributed by atoms with E-state index in [0.29, 0.717) is 12.0 Å². The summed E-state index contributed by atoms with van der Waals surface area (Å²) in [6.07, 6.45) is 3.93. The Bertz CT molecular complexity index is 424. The second kappa shape index (κ2) is 7.02. The van der Waals surface area contributed by atoms with Crippen molar-refractivity contribution >= 4 is 5.82 Å². The molecular formula is C16H28N4. The third kappa shape index (κ3) is 3.92. The SMILES string of the molecule is CCN(CC1CCCCN1)c1cc(C)nc(C(C)C)n1. The van der Waals surface area contributed by atoms with Crippen LogP contribution < -0.4 is 10.2 Å². The Morgan fingerprint density at radius 3 is 2.75 bits per heavy atom. The van der Waals surface area contributed by atoms with E-state index in [-0.39, 0.29) is 0 Å². The van der Waals surface area contributed by atoms with Gasteiger partial charge in [0, 0.05) is 36.8 Å². The van der Waals surface area contributed by atoms with E-state index >= 15 is 0 Å². The minimum Gasteiger partial charge on any atom is -0.355 e. The molecule has 0 bridgehead atoms. The van der Waals surface area contributed by atoms with Gasteiger partial charge < -0.3 is 10.2 Å². The lowest BCUT2D eigenvalue weighted by Gasteiger charge is -2.31. The van der Waals surface area contributed by atoms with Gasteiger partial charge in [0.2, 0.25) is 0 Å². The van der Waals surface area contributed by atoms with Gasteiger partial charge in [-0.25, -0.2) is 9.97 Å². The number of rotatable bonds is 5. The maximum Gasteiger partial charge on any atom is 0.133 e. The van der Waals surface area contributed by atoms with Crippen LogP contribution in [0.5, 0.6) is 0 Å². The molecule has 2 rings (SSSR count). The van der Waals surface area contributed by atoms with Gasteiger partial charge in [0.05, 0.1) is 0 Å². The number of likely N-dealkylation sites (N-methyl/N-ethyl adjacent to an activating group) is 1. The van der Waals surface area contributed by atoms with E-state index in [2.05, 4.69) is 49.0 Å². The summed E-state index contributed by atoms with van der Waals surface area (Å²) in [4.78, 5) is 11.7. The van der Waals surface area contributed by atoms with E-state index in [1.807, 2.05) is 0 Å². The van der Waals surface area contributed by atoms with Gasteiger partial charge in [-0.2, -0.15) is 0 Å². The number of nitrogens with one attached hydrogen (secondary N) is 1. The molecule has 0 spiro atoms. The molecule has 0 amide bonds. The number of anilines is 1. The second-order valence-corrected chi connectivity index (χ2v) is 6.07. The fourth-order valence-corrected chi connectivity index (χ4v) is 2.73. The van der Waals surface area contributed by atoms with E-state index in [9.17, 15) is 0 Å². The molecule has 1 unspecified atom stereocenters. The van der Waals surface area contributed by atoms with Crippen LogP contribution in [0.3, 0.4) is 0 Å². The Kier molecular flexibility index (Phi) is 5.35. The molecule has 1 N–H and O–H groups in total. The summed E-state index contributed by atoms with van der Waals surface area (Å²) < 4.78 is 0. The van der Waals surface area contributed by atoms with E-state index in [1.54, 1.807) is 0 Å². The number of hydrogen-bond acceptors (Lipinski definition) is 4. The zero-order valence-corrected chi connectivity index (χ0v) is 13.3. The summed E-state index contributed by atoms with van der Waals surface area (Å²) in [6.45, 7) is 11.8. The van der Waals surface area contributed by atoms with Crippen LogP contribution in [0.4, 0.5) is 5.82 Å². The molecule has 112 valence electrons. The molecule has 1 fully saturated rings. The molecule has 1 aliphatic heterocycles. The summed E-state index contributed by atoms with van der Waals surface area (Å²) in [7, 11) is 0. The maximum absolute atomic E-state index is 4.76. The predicted octanol–water partition coefficient (Wildman–Crippen LogP) is 2.88. The summed E-state index contributed by atoms with van der Waals surface area (Å²) in [5.74, 6) is 2.41. The van der Waals surface area contributed by atoms with Gasteiger partial charge in [-0.3, -0.25) is 0 Å². The van der Waals surface area contributed by atoms with Crippen LogP contribution in [0.15, 0.2) is 6.07 Å². The fourth-order valence-electron chi connectivity index (χ4n) is 2.73. The van der Waals surface area contributed by atoms with Gasteiger partial charge in [0.25, 0.3) is 0 Å². The summed E-state index contributed by atoms with van der Waals surface area (Å²) in [5, 5.41) is 3.62. The largest absolute Gasteiger partial charge is 0.355 e. The molecule has 0 saturated carbocycles. The van der Waals surface area contributed by atoms with Crippen LogP contribution in [-0.2, 0) is 0 Å². The minimum atomic E-state index is 0.375. The molecule has 20 heavy (non-hydrogen) atoms. The van der Waals surface area contributed by atoms with Crippen LogP contribution in [0.25, 0.3) is 0 Å². The third-order valence-corrected chi connectivity index (χ3v) is 3.93. The van der Waals surface area contributed by atoms with Crippen molar-refractivity contribution in [2.45, 2.75) is 58.9 Å². The van der Waals surface area contributed by atoms with Crippen LogP contribution in [0, 0.1) is 6.92 Å². The summed E-state index contributed by atoms with van der Waals surface area (Å²) >= 11 is 0. The standard InChI is InChI=1S/C16H28N4/c1-5-20(11-14-8-6-7-9-17-14)15-10-13(4)18-16(19-15)12(2)3/h10,12,14,17H,5-9,11H2,1-4H3. The zero-order valence-electron chi connectivity index (χ0n) is 13.3. The molecule has 0 aliphatic carbocycles. The monoisotopic (exact) mass is 276 g/mol. The highest BCUT2D eigenvalue weighted by atomic mass is 15.2. The number of piperidine rings is 1. The quantitative estimate of drug-likeness (QED) is 0.898. The van der Waals surface area contributed by atoms with Gasteiger partial charge in [-0.1, -0.05) is 20.3 Å². The van der Waals surface area contributed by atoms with Crippen molar-refractivity contribution in [2.24, 2.45) is 0 Å². The van der Waals surface area contributed by atoms with Crippen molar-refractivity contribution in [2.75, 3.05) is 24.5 Å². The number of aromatic nitrogens is 2.